The first kappa shape index (κ1) is 18.5. The largest absolute Gasteiger partial charge is 0.494 e. The number of carbonyl (C=O) groups is 1. The third kappa shape index (κ3) is 4.46. The number of amides is 1. The van der Waals surface area contributed by atoms with Gasteiger partial charge in [-0.05, 0) is 51.0 Å². The number of hydrogen-bond donors (Lipinski definition) is 1. The van der Waals surface area contributed by atoms with Gasteiger partial charge in [-0.1, -0.05) is 17.8 Å². The molecule has 1 aromatic carbocycles. The number of rotatable bonds is 9. The Morgan fingerprint density at radius 2 is 2.15 bits per heavy atom. The van der Waals surface area contributed by atoms with Crippen LogP contribution in [0.15, 0.2) is 42.1 Å². The zero-order valence-corrected chi connectivity index (χ0v) is 16.0. The molecule has 138 valence electrons. The van der Waals surface area contributed by atoms with Crippen molar-refractivity contribution in [3.05, 3.63) is 42.7 Å². The molecule has 1 saturated carbocycles. The van der Waals surface area contributed by atoms with Crippen LogP contribution < -0.4 is 10.1 Å². The summed E-state index contributed by atoms with van der Waals surface area (Å²) in [5.41, 5.74) is 0.747. The molecule has 2 aromatic rings. The highest BCUT2D eigenvalue weighted by molar-refractivity contribution is 8.00. The molecule has 3 rings (SSSR count). The topological polar surface area (TPSA) is 69.0 Å². The molecule has 0 saturated heterocycles. The summed E-state index contributed by atoms with van der Waals surface area (Å²) in [6.07, 6.45) is 4.16. The van der Waals surface area contributed by atoms with Crippen LogP contribution in [0.2, 0.25) is 0 Å². The number of nitrogens with zero attached hydrogens (tertiary/aromatic N) is 3. The number of benzene rings is 1. The second-order valence-electron chi connectivity index (χ2n) is 6.22. The molecule has 0 bridgehead atoms. The fraction of sp³-hybridized carbons (Fsp3) is 0.421. The average molecular weight is 372 g/mol. The van der Waals surface area contributed by atoms with E-state index in [4.69, 9.17) is 4.74 Å². The van der Waals surface area contributed by atoms with E-state index in [1.54, 1.807) is 0 Å². The Morgan fingerprint density at radius 3 is 2.77 bits per heavy atom. The Labute approximate surface area is 158 Å². The molecular weight excluding hydrogens is 348 g/mol. The lowest BCUT2D eigenvalue weighted by Crippen LogP contribution is -2.23. The highest BCUT2D eigenvalue weighted by Crippen LogP contribution is 2.40. The van der Waals surface area contributed by atoms with Gasteiger partial charge in [0.05, 0.1) is 11.9 Å². The molecule has 6 nitrogen and oxygen atoms in total. The molecule has 0 spiro atoms. The van der Waals surface area contributed by atoms with Gasteiger partial charge in [0, 0.05) is 18.2 Å². The van der Waals surface area contributed by atoms with Crippen molar-refractivity contribution in [3.63, 3.8) is 0 Å². The van der Waals surface area contributed by atoms with Crippen molar-refractivity contribution in [2.24, 2.45) is 0 Å². The summed E-state index contributed by atoms with van der Waals surface area (Å²) < 4.78 is 7.48. The number of aromatic nitrogens is 3. The van der Waals surface area contributed by atoms with Crippen molar-refractivity contribution in [2.45, 2.75) is 49.6 Å². The highest BCUT2D eigenvalue weighted by Gasteiger charge is 2.30. The molecule has 1 amide bonds. The minimum Gasteiger partial charge on any atom is -0.494 e. The number of carbonyl (C=O) groups excluding carboxylic acids is 1. The molecule has 0 aliphatic heterocycles. The third-order valence-electron chi connectivity index (χ3n) is 4.08. The lowest BCUT2D eigenvalue weighted by atomic mass is 10.3. The van der Waals surface area contributed by atoms with Crippen molar-refractivity contribution < 1.29 is 9.53 Å². The molecule has 7 heteroatoms. The van der Waals surface area contributed by atoms with E-state index in [2.05, 4.69) is 26.7 Å². The Morgan fingerprint density at radius 1 is 1.42 bits per heavy atom. The van der Waals surface area contributed by atoms with Gasteiger partial charge in [-0.25, -0.2) is 0 Å². The number of allylic oxidation sites excluding steroid dienone is 1. The highest BCUT2D eigenvalue weighted by atomic mass is 32.2. The van der Waals surface area contributed by atoms with Crippen molar-refractivity contribution in [3.8, 4) is 5.75 Å². The van der Waals surface area contributed by atoms with Crippen molar-refractivity contribution in [2.75, 3.05) is 11.9 Å². The summed E-state index contributed by atoms with van der Waals surface area (Å²) in [5, 5.41) is 12.0. The maximum absolute atomic E-state index is 12.5. The molecule has 1 unspecified atom stereocenters. The molecule has 1 fully saturated rings. The van der Waals surface area contributed by atoms with E-state index in [-0.39, 0.29) is 11.2 Å². The van der Waals surface area contributed by atoms with Crippen LogP contribution in [0.25, 0.3) is 0 Å². The van der Waals surface area contributed by atoms with Gasteiger partial charge in [-0.2, -0.15) is 0 Å². The lowest BCUT2D eigenvalue weighted by molar-refractivity contribution is -0.115. The van der Waals surface area contributed by atoms with Gasteiger partial charge in [0.25, 0.3) is 0 Å². The Balaban J connectivity index is 1.63. The normalized spacial score (nSPS) is 14.7. The molecule has 1 aliphatic rings. The lowest BCUT2D eigenvalue weighted by Gasteiger charge is -2.13. The zero-order chi connectivity index (χ0) is 18.5. The Kier molecular flexibility index (Phi) is 5.98. The number of nitrogens with one attached hydrogen (secondary N) is 1. The first-order chi connectivity index (χ1) is 12.6. The van der Waals surface area contributed by atoms with E-state index < -0.39 is 0 Å². The minimum absolute atomic E-state index is 0.0692. The fourth-order valence-electron chi connectivity index (χ4n) is 2.59. The van der Waals surface area contributed by atoms with E-state index >= 15 is 0 Å². The number of ether oxygens (including phenoxy) is 1. The minimum atomic E-state index is -0.290. The van der Waals surface area contributed by atoms with Crippen molar-refractivity contribution in [1.29, 1.82) is 0 Å². The van der Waals surface area contributed by atoms with Crippen LogP contribution in [0, 0.1) is 0 Å². The van der Waals surface area contributed by atoms with Crippen LogP contribution in [0.3, 0.4) is 0 Å². The molecule has 1 aliphatic carbocycles. The van der Waals surface area contributed by atoms with Crippen LogP contribution in [0.1, 0.15) is 38.4 Å². The Hall–Kier alpha value is -2.28. The number of thioether (sulfide) groups is 1. The monoisotopic (exact) mass is 372 g/mol. The summed E-state index contributed by atoms with van der Waals surface area (Å²) in [4.78, 5) is 12.5. The summed E-state index contributed by atoms with van der Waals surface area (Å²) in [6, 6.07) is 7.37. The van der Waals surface area contributed by atoms with Gasteiger partial charge < -0.3 is 14.6 Å². The summed E-state index contributed by atoms with van der Waals surface area (Å²) in [7, 11) is 0. The number of hydrogen-bond acceptors (Lipinski definition) is 5. The van der Waals surface area contributed by atoms with Crippen LogP contribution in [0.5, 0.6) is 5.75 Å². The second kappa shape index (κ2) is 8.40. The molecule has 1 aromatic heterocycles. The first-order valence-corrected chi connectivity index (χ1v) is 9.74. The molecular formula is C19H24N4O2S. The quantitative estimate of drug-likeness (QED) is 0.535. The maximum atomic E-state index is 12.5. The molecule has 0 radical (unpaired) electrons. The van der Waals surface area contributed by atoms with Gasteiger partial charge in [0.2, 0.25) is 5.91 Å². The smallest absolute Gasteiger partial charge is 0.237 e. The molecule has 1 heterocycles. The van der Waals surface area contributed by atoms with E-state index in [0.717, 1.165) is 35.3 Å². The van der Waals surface area contributed by atoms with Crippen LogP contribution in [-0.2, 0) is 11.3 Å². The standard InChI is InChI=1S/C19H24N4O2S/c1-4-12-23-17(14-6-7-14)21-22-19(23)26-13(3)18(24)20-15-8-10-16(11-9-15)25-5-2/h4,8-11,13-14H,1,5-7,12H2,2-3H3,(H,20,24). The predicted molar refractivity (Wildman–Crippen MR) is 104 cm³/mol. The Bertz CT molecular complexity index is 768. The van der Waals surface area contributed by atoms with Crippen LogP contribution in [-0.4, -0.2) is 32.5 Å². The molecule has 1 N–H and O–H groups in total. The van der Waals surface area contributed by atoms with E-state index in [9.17, 15) is 4.79 Å². The second-order valence-corrected chi connectivity index (χ2v) is 7.53. The van der Waals surface area contributed by atoms with Crippen molar-refractivity contribution >= 4 is 23.4 Å². The zero-order valence-electron chi connectivity index (χ0n) is 15.1. The van der Waals surface area contributed by atoms with Gasteiger partial charge in [0.1, 0.15) is 11.6 Å². The average Bonchev–Trinajstić information content (AvgIpc) is 3.40. The predicted octanol–water partition coefficient (Wildman–Crippen LogP) is 3.86. The maximum Gasteiger partial charge on any atom is 0.237 e. The van der Waals surface area contributed by atoms with Crippen LogP contribution >= 0.6 is 11.8 Å². The summed E-state index contributed by atoms with van der Waals surface area (Å²) in [5.74, 6) is 2.23. The van der Waals surface area contributed by atoms with E-state index in [0.29, 0.717) is 19.1 Å². The summed E-state index contributed by atoms with van der Waals surface area (Å²) >= 11 is 1.42. The van der Waals surface area contributed by atoms with Crippen molar-refractivity contribution in [1.82, 2.24) is 14.8 Å². The fourth-order valence-corrected chi connectivity index (χ4v) is 3.45. The van der Waals surface area contributed by atoms with E-state index in [1.165, 1.54) is 11.8 Å². The third-order valence-corrected chi connectivity index (χ3v) is 5.16. The van der Waals surface area contributed by atoms with Gasteiger partial charge in [-0.3, -0.25) is 4.79 Å². The van der Waals surface area contributed by atoms with E-state index in [1.807, 2.05) is 44.2 Å². The SMILES string of the molecule is C=CCn1c(SC(C)C(=O)Nc2ccc(OCC)cc2)nnc1C1CC1. The van der Waals surface area contributed by atoms with Crippen LogP contribution in [0.4, 0.5) is 5.69 Å². The van der Waals surface area contributed by atoms with Gasteiger partial charge >= 0.3 is 0 Å². The first-order valence-electron chi connectivity index (χ1n) is 8.86. The number of anilines is 1. The molecule has 1 atom stereocenters. The molecule has 26 heavy (non-hydrogen) atoms. The summed E-state index contributed by atoms with van der Waals surface area (Å²) in [6.45, 7) is 8.90. The van der Waals surface area contributed by atoms with Gasteiger partial charge in [0.15, 0.2) is 5.16 Å². The van der Waals surface area contributed by atoms with Gasteiger partial charge in [-0.15, -0.1) is 16.8 Å².